The zero-order valence-corrected chi connectivity index (χ0v) is 10.5. The van der Waals surface area contributed by atoms with Gasteiger partial charge in [0.2, 0.25) is 0 Å². The monoisotopic (exact) mass is 294 g/mol. The Morgan fingerprint density at radius 1 is 1.14 bits per heavy atom. The Hall–Kier alpha value is -2.68. The Bertz CT molecular complexity index is 781. The van der Waals surface area contributed by atoms with Gasteiger partial charge < -0.3 is 5.43 Å². The first-order valence-corrected chi connectivity index (χ1v) is 5.85. The fourth-order valence-electron chi connectivity index (χ4n) is 1.86. The minimum absolute atomic E-state index is 0.0190. The molecule has 0 atom stereocenters. The molecule has 0 aliphatic carbocycles. The van der Waals surface area contributed by atoms with Gasteiger partial charge in [0.05, 0.1) is 5.69 Å². The molecule has 0 spiro atoms. The summed E-state index contributed by atoms with van der Waals surface area (Å²) in [7, 11) is 0. The van der Waals surface area contributed by atoms with Crippen LogP contribution in [0.2, 0.25) is 0 Å². The van der Waals surface area contributed by atoms with Crippen LogP contribution in [-0.4, -0.2) is 19.6 Å². The molecule has 6 nitrogen and oxygen atoms in total. The number of alkyl halides is 3. The molecular weight excluding hydrogens is 285 g/mol. The van der Waals surface area contributed by atoms with Crippen molar-refractivity contribution in [1.82, 2.24) is 19.6 Å². The van der Waals surface area contributed by atoms with E-state index in [1.807, 2.05) is 0 Å². The third-order valence-corrected chi connectivity index (χ3v) is 2.79. The molecule has 0 radical (unpaired) electrons. The average Bonchev–Trinajstić information content (AvgIpc) is 2.90. The standard InChI is InChI=1S/C12H9F3N6/c13-12(14,15)9-6-11(19-16)21-10(18-9)5-8(20-21)7-3-1-2-4-17-7/h1-6,19H,16H2. The van der Waals surface area contributed by atoms with Crippen molar-refractivity contribution in [1.29, 1.82) is 0 Å². The number of rotatable bonds is 2. The fraction of sp³-hybridized carbons (Fsp3) is 0.0833. The third-order valence-electron chi connectivity index (χ3n) is 2.79. The number of nitrogen functional groups attached to an aromatic ring is 1. The number of fused-ring (bicyclic) bond motifs is 1. The van der Waals surface area contributed by atoms with Gasteiger partial charge in [0.25, 0.3) is 0 Å². The molecule has 0 aliphatic rings. The van der Waals surface area contributed by atoms with E-state index in [9.17, 15) is 13.2 Å². The van der Waals surface area contributed by atoms with Crippen LogP contribution >= 0.6 is 0 Å². The number of aromatic nitrogens is 4. The van der Waals surface area contributed by atoms with Gasteiger partial charge in [0.1, 0.15) is 11.5 Å². The number of pyridine rings is 1. The lowest BCUT2D eigenvalue weighted by molar-refractivity contribution is -0.141. The highest BCUT2D eigenvalue weighted by atomic mass is 19.4. The van der Waals surface area contributed by atoms with Crippen molar-refractivity contribution in [3.05, 3.63) is 42.2 Å². The van der Waals surface area contributed by atoms with Crippen LogP contribution < -0.4 is 11.3 Å². The highest BCUT2D eigenvalue weighted by Crippen LogP contribution is 2.30. The zero-order chi connectivity index (χ0) is 15.0. The van der Waals surface area contributed by atoms with E-state index >= 15 is 0 Å². The fourth-order valence-corrected chi connectivity index (χ4v) is 1.86. The minimum atomic E-state index is -4.57. The van der Waals surface area contributed by atoms with Gasteiger partial charge in [-0.15, -0.1) is 0 Å². The van der Waals surface area contributed by atoms with Crippen molar-refractivity contribution in [2.24, 2.45) is 5.84 Å². The van der Waals surface area contributed by atoms with Crippen LogP contribution in [0, 0.1) is 0 Å². The molecule has 0 saturated heterocycles. The van der Waals surface area contributed by atoms with Crippen molar-refractivity contribution in [3.63, 3.8) is 0 Å². The van der Waals surface area contributed by atoms with Gasteiger partial charge in [-0.25, -0.2) is 10.8 Å². The van der Waals surface area contributed by atoms with Gasteiger partial charge in [-0.2, -0.15) is 22.8 Å². The van der Waals surface area contributed by atoms with Crippen LogP contribution in [0.3, 0.4) is 0 Å². The van der Waals surface area contributed by atoms with Crippen LogP contribution in [0.5, 0.6) is 0 Å². The summed E-state index contributed by atoms with van der Waals surface area (Å²) in [6.45, 7) is 0. The predicted molar refractivity (Wildman–Crippen MR) is 69.0 cm³/mol. The zero-order valence-electron chi connectivity index (χ0n) is 10.5. The van der Waals surface area contributed by atoms with Gasteiger partial charge in [-0.3, -0.25) is 4.98 Å². The quantitative estimate of drug-likeness (QED) is 0.559. The second-order valence-electron chi connectivity index (χ2n) is 4.18. The van der Waals surface area contributed by atoms with E-state index in [0.717, 1.165) is 6.07 Å². The summed E-state index contributed by atoms with van der Waals surface area (Å²) in [5.74, 6) is 5.24. The molecule has 3 aromatic heterocycles. The maximum Gasteiger partial charge on any atom is 0.433 e. The second-order valence-corrected chi connectivity index (χ2v) is 4.18. The van der Waals surface area contributed by atoms with Crippen molar-refractivity contribution in [2.45, 2.75) is 6.18 Å². The molecule has 0 unspecified atom stereocenters. The number of nitrogens with zero attached hydrogens (tertiary/aromatic N) is 4. The number of nitrogens with one attached hydrogen (secondary N) is 1. The first-order chi connectivity index (χ1) is 9.99. The van der Waals surface area contributed by atoms with E-state index in [0.29, 0.717) is 11.4 Å². The van der Waals surface area contributed by atoms with E-state index in [1.165, 1.54) is 10.6 Å². The molecule has 0 aromatic carbocycles. The number of nitrogens with two attached hydrogens (primary N) is 1. The summed E-state index contributed by atoms with van der Waals surface area (Å²) in [4.78, 5) is 7.65. The topological polar surface area (TPSA) is 81.1 Å². The number of halogens is 3. The number of hydrogen-bond donors (Lipinski definition) is 2. The van der Waals surface area contributed by atoms with Gasteiger partial charge in [0.15, 0.2) is 11.3 Å². The summed E-state index contributed by atoms with van der Waals surface area (Å²) in [5, 5.41) is 4.16. The normalized spacial score (nSPS) is 11.8. The Morgan fingerprint density at radius 3 is 2.57 bits per heavy atom. The molecule has 3 rings (SSSR count). The highest BCUT2D eigenvalue weighted by Gasteiger charge is 2.33. The molecule has 0 fully saturated rings. The molecule has 0 bridgehead atoms. The maximum atomic E-state index is 12.8. The Kier molecular flexibility index (Phi) is 2.98. The van der Waals surface area contributed by atoms with E-state index in [-0.39, 0.29) is 11.5 Å². The van der Waals surface area contributed by atoms with Gasteiger partial charge in [-0.1, -0.05) is 6.07 Å². The van der Waals surface area contributed by atoms with E-state index in [4.69, 9.17) is 5.84 Å². The van der Waals surface area contributed by atoms with E-state index < -0.39 is 11.9 Å². The smallest absolute Gasteiger partial charge is 0.308 e. The van der Waals surface area contributed by atoms with E-state index in [2.05, 4.69) is 20.5 Å². The van der Waals surface area contributed by atoms with Gasteiger partial charge in [-0.05, 0) is 12.1 Å². The lowest BCUT2D eigenvalue weighted by atomic mass is 10.3. The molecular formula is C12H9F3N6. The Balaban J connectivity index is 2.21. The minimum Gasteiger partial charge on any atom is -0.308 e. The molecule has 3 heterocycles. The Labute approximate surface area is 116 Å². The van der Waals surface area contributed by atoms with Crippen LogP contribution in [-0.2, 0) is 6.18 Å². The first-order valence-electron chi connectivity index (χ1n) is 5.85. The van der Waals surface area contributed by atoms with Crippen LogP contribution in [0.15, 0.2) is 36.5 Å². The summed E-state index contributed by atoms with van der Waals surface area (Å²) in [6, 6.07) is 7.39. The molecule has 3 aromatic rings. The molecule has 0 amide bonds. The molecule has 21 heavy (non-hydrogen) atoms. The molecule has 108 valence electrons. The summed E-state index contributed by atoms with van der Waals surface area (Å²) in [6.07, 6.45) is -3.00. The lowest BCUT2D eigenvalue weighted by Gasteiger charge is -2.09. The van der Waals surface area contributed by atoms with Crippen molar-refractivity contribution in [2.75, 3.05) is 5.43 Å². The van der Waals surface area contributed by atoms with Crippen molar-refractivity contribution >= 4 is 11.5 Å². The maximum absolute atomic E-state index is 12.8. The van der Waals surface area contributed by atoms with Crippen LogP contribution in [0.4, 0.5) is 19.0 Å². The second kappa shape index (κ2) is 4.70. The third kappa shape index (κ3) is 2.38. The number of hydrazine groups is 1. The Morgan fingerprint density at radius 2 is 1.95 bits per heavy atom. The largest absolute Gasteiger partial charge is 0.433 e. The SMILES string of the molecule is NNc1cc(C(F)(F)F)nc2cc(-c3ccccn3)nn12. The lowest BCUT2D eigenvalue weighted by Crippen LogP contribution is -2.16. The van der Waals surface area contributed by atoms with Gasteiger partial charge >= 0.3 is 6.18 Å². The molecule has 0 saturated carbocycles. The van der Waals surface area contributed by atoms with Crippen LogP contribution in [0.1, 0.15) is 5.69 Å². The van der Waals surface area contributed by atoms with Crippen LogP contribution in [0.25, 0.3) is 17.0 Å². The molecule has 9 heteroatoms. The first kappa shape index (κ1) is 13.3. The van der Waals surface area contributed by atoms with Crippen molar-refractivity contribution < 1.29 is 13.2 Å². The summed E-state index contributed by atoms with van der Waals surface area (Å²) in [5.41, 5.74) is 2.10. The predicted octanol–water partition coefficient (Wildman–Crippen LogP) is 2.10. The van der Waals surface area contributed by atoms with Crippen molar-refractivity contribution in [3.8, 4) is 11.4 Å². The van der Waals surface area contributed by atoms with E-state index in [1.54, 1.807) is 24.4 Å². The summed E-state index contributed by atoms with van der Waals surface area (Å²) < 4.78 is 39.6. The average molecular weight is 294 g/mol. The number of anilines is 1. The number of hydrogen-bond acceptors (Lipinski definition) is 5. The highest BCUT2D eigenvalue weighted by molar-refractivity contribution is 5.62. The molecule has 0 aliphatic heterocycles. The summed E-state index contributed by atoms with van der Waals surface area (Å²) >= 11 is 0. The molecule has 3 N–H and O–H groups in total. The van der Waals surface area contributed by atoms with Gasteiger partial charge in [0, 0.05) is 18.3 Å².